The fraction of sp³-hybridized carbons (Fsp3) is 0.355. The first-order valence-corrected chi connectivity index (χ1v) is 12.5. The van der Waals surface area contributed by atoms with Crippen LogP contribution in [0.4, 0.5) is 0 Å². The lowest BCUT2D eigenvalue weighted by atomic mass is 9.90. The first kappa shape index (κ1) is 25.5. The number of nitrogens with zero attached hydrogens (tertiary/aromatic N) is 1. The van der Waals surface area contributed by atoms with Crippen molar-refractivity contribution < 1.29 is 19.4 Å². The number of ether oxygens (including phenoxy) is 1. The van der Waals surface area contributed by atoms with Gasteiger partial charge in [-0.05, 0) is 53.6 Å². The van der Waals surface area contributed by atoms with E-state index in [-0.39, 0.29) is 31.0 Å². The van der Waals surface area contributed by atoms with Gasteiger partial charge < -0.3 is 14.7 Å². The number of fused-ring (bicyclic) bond motifs is 1. The van der Waals surface area contributed by atoms with E-state index in [1.165, 1.54) is 16.0 Å². The summed E-state index contributed by atoms with van der Waals surface area (Å²) in [6.45, 7) is 8.46. The molecule has 1 aliphatic heterocycles. The summed E-state index contributed by atoms with van der Waals surface area (Å²) in [5, 5.41) is 9.36. The Balaban J connectivity index is 1.43. The van der Waals surface area contributed by atoms with Crippen LogP contribution in [0.5, 0.6) is 5.75 Å². The largest absolute Gasteiger partial charge is 0.487 e. The second-order valence-electron chi connectivity index (χ2n) is 10.5. The van der Waals surface area contributed by atoms with Crippen molar-refractivity contribution in [3.05, 3.63) is 100 Å². The van der Waals surface area contributed by atoms with Crippen molar-refractivity contribution in [2.24, 2.45) is 0 Å². The van der Waals surface area contributed by atoms with Gasteiger partial charge >= 0.3 is 5.97 Å². The van der Waals surface area contributed by atoms with E-state index in [2.05, 4.69) is 45.0 Å². The second-order valence-corrected chi connectivity index (χ2v) is 10.5. The molecule has 0 unspecified atom stereocenters. The van der Waals surface area contributed by atoms with Crippen molar-refractivity contribution in [1.29, 1.82) is 0 Å². The molecule has 3 aromatic carbocycles. The number of amides is 1. The molecule has 5 heteroatoms. The molecule has 0 aromatic heterocycles. The van der Waals surface area contributed by atoms with Gasteiger partial charge in [0.15, 0.2) is 0 Å². The standard InChI is InChI=1S/C31H35NO4/c1-21(2)26-12-9-23(10-13-26)17-31(4)18-27-15-25(11-14-28(27)36-31)16-29(33)32(20-30(34)35)19-24-7-5-22(3)6-8-24/h5-15,21H,16-20H2,1-4H3,(H,34,35)/t31-/m0/s1. The first-order valence-electron chi connectivity index (χ1n) is 12.5. The molecule has 0 radical (unpaired) electrons. The van der Waals surface area contributed by atoms with Crippen LogP contribution in [0, 0.1) is 6.92 Å². The summed E-state index contributed by atoms with van der Waals surface area (Å²) in [6.07, 6.45) is 1.72. The van der Waals surface area contributed by atoms with Gasteiger partial charge in [0.1, 0.15) is 17.9 Å². The predicted octanol–water partition coefficient (Wildman–Crippen LogP) is 5.71. The maximum Gasteiger partial charge on any atom is 0.323 e. The van der Waals surface area contributed by atoms with Gasteiger partial charge in [-0.2, -0.15) is 0 Å². The Morgan fingerprint density at radius 3 is 2.25 bits per heavy atom. The van der Waals surface area contributed by atoms with Gasteiger partial charge in [-0.3, -0.25) is 9.59 Å². The Morgan fingerprint density at radius 1 is 0.972 bits per heavy atom. The monoisotopic (exact) mass is 485 g/mol. The third-order valence-electron chi connectivity index (χ3n) is 6.80. The molecule has 0 saturated heterocycles. The molecule has 1 aliphatic rings. The normalized spacial score (nSPS) is 16.5. The SMILES string of the molecule is Cc1ccc(CN(CC(=O)O)C(=O)Cc2ccc3c(c2)C[C@](C)(Cc2ccc(C(C)C)cc2)O3)cc1. The van der Waals surface area contributed by atoms with Crippen LogP contribution >= 0.6 is 0 Å². The Labute approximate surface area is 213 Å². The fourth-order valence-electron chi connectivity index (χ4n) is 4.83. The highest BCUT2D eigenvalue weighted by Crippen LogP contribution is 2.37. The maximum atomic E-state index is 13.1. The van der Waals surface area contributed by atoms with E-state index in [9.17, 15) is 14.7 Å². The number of hydrogen-bond donors (Lipinski definition) is 1. The number of hydrogen-bond acceptors (Lipinski definition) is 3. The Kier molecular flexibility index (Phi) is 7.48. The molecule has 36 heavy (non-hydrogen) atoms. The van der Waals surface area contributed by atoms with Crippen LogP contribution < -0.4 is 4.74 Å². The number of carboxylic acids is 1. The molecule has 1 heterocycles. The summed E-state index contributed by atoms with van der Waals surface area (Å²) in [4.78, 5) is 25.9. The molecule has 1 N–H and O–H groups in total. The molecular formula is C31H35NO4. The summed E-state index contributed by atoms with van der Waals surface area (Å²) in [5.74, 6) is 0.139. The number of carboxylic acid groups (broad SMARTS) is 1. The van der Waals surface area contributed by atoms with Gasteiger partial charge in [-0.25, -0.2) is 0 Å². The van der Waals surface area contributed by atoms with E-state index < -0.39 is 5.97 Å². The molecule has 0 spiro atoms. The lowest BCUT2D eigenvalue weighted by Crippen LogP contribution is -2.36. The van der Waals surface area contributed by atoms with Gasteiger partial charge in [0.05, 0.1) is 6.42 Å². The van der Waals surface area contributed by atoms with Crippen molar-refractivity contribution in [3.8, 4) is 5.75 Å². The average molecular weight is 486 g/mol. The van der Waals surface area contributed by atoms with Crippen LogP contribution in [0.2, 0.25) is 0 Å². The molecule has 1 amide bonds. The minimum atomic E-state index is -1.02. The molecule has 1 atom stereocenters. The third kappa shape index (κ3) is 6.34. The van der Waals surface area contributed by atoms with Gasteiger partial charge in [0.2, 0.25) is 5.91 Å². The van der Waals surface area contributed by atoms with E-state index >= 15 is 0 Å². The highest BCUT2D eigenvalue weighted by atomic mass is 16.5. The van der Waals surface area contributed by atoms with Crippen molar-refractivity contribution in [1.82, 2.24) is 4.90 Å². The van der Waals surface area contributed by atoms with Crippen LogP contribution in [-0.4, -0.2) is 34.0 Å². The third-order valence-corrected chi connectivity index (χ3v) is 6.80. The minimum Gasteiger partial charge on any atom is -0.487 e. The summed E-state index contributed by atoms with van der Waals surface area (Å²) in [5.41, 5.74) is 6.21. The molecular weight excluding hydrogens is 450 g/mol. The number of benzene rings is 3. The Morgan fingerprint density at radius 2 is 1.61 bits per heavy atom. The van der Waals surface area contributed by atoms with Crippen LogP contribution in [0.25, 0.3) is 0 Å². The van der Waals surface area contributed by atoms with Crippen molar-refractivity contribution >= 4 is 11.9 Å². The smallest absolute Gasteiger partial charge is 0.323 e. The number of aryl methyl sites for hydroxylation is 1. The van der Waals surface area contributed by atoms with Crippen LogP contribution in [0.3, 0.4) is 0 Å². The lowest BCUT2D eigenvalue weighted by molar-refractivity contribution is -0.144. The molecule has 4 rings (SSSR count). The highest BCUT2D eigenvalue weighted by molar-refractivity contribution is 5.83. The summed E-state index contributed by atoms with van der Waals surface area (Å²) in [6, 6.07) is 22.4. The molecule has 0 fully saturated rings. The van der Waals surface area contributed by atoms with Gasteiger partial charge in [-0.1, -0.05) is 80.1 Å². The van der Waals surface area contributed by atoms with Gasteiger partial charge in [-0.15, -0.1) is 0 Å². The van der Waals surface area contributed by atoms with Crippen molar-refractivity contribution in [2.75, 3.05) is 6.54 Å². The van der Waals surface area contributed by atoms with Crippen LogP contribution in [0.1, 0.15) is 60.1 Å². The second kappa shape index (κ2) is 10.6. The van der Waals surface area contributed by atoms with Crippen LogP contribution in [0.15, 0.2) is 66.7 Å². The van der Waals surface area contributed by atoms with Gasteiger partial charge in [0, 0.05) is 19.4 Å². The van der Waals surface area contributed by atoms with E-state index in [4.69, 9.17) is 4.74 Å². The van der Waals surface area contributed by atoms with Gasteiger partial charge in [0.25, 0.3) is 0 Å². The van der Waals surface area contributed by atoms with E-state index in [1.54, 1.807) is 0 Å². The van der Waals surface area contributed by atoms with E-state index in [0.29, 0.717) is 5.92 Å². The molecule has 0 aliphatic carbocycles. The molecule has 0 bridgehead atoms. The first-order chi connectivity index (χ1) is 17.1. The minimum absolute atomic E-state index is 0.153. The molecule has 188 valence electrons. The zero-order chi connectivity index (χ0) is 25.9. The van der Waals surface area contributed by atoms with Crippen molar-refractivity contribution in [3.63, 3.8) is 0 Å². The molecule has 0 saturated carbocycles. The topological polar surface area (TPSA) is 66.8 Å². The average Bonchev–Trinajstić information content (AvgIpc) is 3.15. The molecule has 5 nitrogen and oxygen atoms in total. The quantitative estimate of drug-likeness (QED) is 0.422. The van der Waals surface area contributed by atoms with Crippen molar-refractivity contribution in [2.45, 2.75) is 65.0 Å². The van der Waals surface area contributed by atoms with E-state index in [0.717, 1.165) is 40.8 Å². The molecule has 3 aromatic rings. The number of carbonyl (C=O) groups is 2. The number of carbonyl (C=O) groups excluding carboxylic acids is 1. The zero-order valence-electron chi connectivity index (χ0n) is 21.6. The lowest BCUT2D eigenvalue weighted by Gasteiger charge is -2.24. The predicted molar refractivity (Wildman–Crippen MR) is 141 cm³/mol. The summed E-state index contributed by atoms with van der Waals surface area (Å²) in [7, 11) is 0. The maximum absolute atomic E-state index is 13.1. The number of rotatable bonds is 9. The zero-order valence-corrected chi connectivity index (χ0v) is 21.6. The van der Waals surface area contributed by atoms with E-state index in [1.807, 2.05) is 49.4 Å². The Bertz CT molecular complexity index is 1230. The van der Waals surface area contributed by atoms with Crippen LogP contribution in [-0.2, 0) is 35.4 Å². The summed E-state index contributed by atoms with van der Waals surface area (Å²) >= 11 is 0. The number of aliphatic carboxylic acids is 1. The Hall–Kier alpha value is -3.60. The summed E-state index contributed by atoms with van der Waals surface area (Å²) < 4.78 is 6.35. The highest BCUT2D eigenvalue weighted by Gasteiger charge is 2.35. The fourth-order valence-corrected chi connectivity index (χ4v) is 4.83.